The quantitative estimate of drug-likeness (QED) is 0.460. The number of para-hydroxylation sites is 1. The van der Waals surface area contributed by atoms with Crippen LogP contribution in [0.2, 0.25) is 5.28 Å². The number of halogens is 1. The molecular weight excluding hydrogens is 216 g/mol. The normalized spacial score (nSPS) is 10.3. The Balaban J connectivity index is 2.82. The van der Waals surface area contributed by atoms with E-state index in [1.807, 2.05) is 12.1 Å². The molecule has 3 N–H and O–H groups in total. The fraction of sp³-hybridized carbons (Fsp3) is 0.111. The number of hydrazine groups is 1. The van der Waals surface area contributed by atoms with Crippen LogP contribution in [-0.4, -0.2) is 17.1 Å². The molecule has 0 saturated heterocycles. The highest BCUT2D eigenvalue weighted by atomic mass is 35.5. The Hall–Kier alpha value is -1.59. The second-order valence-corrected chi connectivity index (χ2v) is 3.18. The van der Waals surface area contributed by atoms with Gasteiger partial charge >= 0.3 is 0 Å². The molecule has 0 saturated carbocycles. The lowest BCUT2D eigenvalue weighted by Crippen LogP contribution is -2.09. The van der Waals surface area contributed by atoms with Crippen molar-refractivity contribution in [3.63, 3.8) is 0 Å². The number of nitrogen functional groups attached to an aromatic ring is 1. The Morgan fingerprint density at radius 2 is 2.20 bits per heavy atom. The van der Waals surface area contributed by atoms with Crippen molar-refractivity contribution in [2.24, 2.45) is 5.84 Å². The highest BCUT2D eigenvalue weighted by molar-refractivity contribution is 6.28. The summed E-state index contributed by atoms with van der Waals surface area (Å²) in [6.45, 7) is 0. The minimum Gasteiger partial charge on any atom is -0.494 e. The predicted molar refractivity (Wildman–Crippen MR) is 58.9 cm³/mol. The maximum atomic E-state index is 5.76. The van der Waals surface area contributed by atoms with Crippen LogP contribution >= 0.6 is 11.6 Å². The average molecular weight is 225 g/mol. The molecule has 0 amide bonds. The predicted octanol–water partition coefficient (Wildman–Crippen LogP) is 1.58. The standard InChI is InChI=1S/C9H9ClN4O/c1-15-6-4-2-3-5-7(6)12-9(10)13-8(5)14-11/h2-4H,11H2,1H3,(H,12,13,14). The summed E-state index contributed by atoms with van der Waals surface area (Å²) >= 11 is 5.76. The van der Waals surface area contributed by atoms with Gasteiger partial charge in [0.15, 0.2) is 5.82 Å². The fourth-order valence-electron chi connectivity index (χ4n) is 1.37. The highest BCUT2D eigenvalue weighted by Gasteiger charge is 2.09. The lowest BCUT2D eigenvalue weighted by Gasteiger charge is -2.07. The summed E-state index contributed by atoms with van der Waals surface area (Å²) in [4.78, 5) is 8.05. The number of methoxy groups -OCH3 is 1. The number of benzene rings is 1. The molecule has 0 aliphatic rings. The van der Waals surface area contributed by atoms with Gasteiger partial charge in [0.2, 0.25) is 5.28 Å². The number of anilines is 1. The third-order valence-electron chi connectivity index (χ3n) is 2.02. The monoisotopic (exact) mass is 224 g/mol. The molecule has 5 nitrogen and oxygen atoms in total. The van der Waals surface area contributed by atoms with Crippen molar-refractivity contribution < 1.29 is 4.74 Å². The second-order valence-electron chi connectivity index (χ2n) is 2.84. The number of nitrogens with one attached hydrogen (secondary N) is 1. The lowest BCUT2D eigenvalue weighted by molar-refractivity contribution is 0.419. The van der Waals surface area contributed by atoms with E-state index in [0.29, 0.717) is 17.1 Å². The van der Waals surface area contributed by atoms with Crippen molar-refractivity contribution in [1.82, 2.24) is 9.97 Å². The van der Waals surface area contributed by atoms with E-state index in [0.717, 1.165) is 5.39 Å². The van der Waals surface area contributed by atoms with Gasteiger partial charge in [0.1, 0.15) is 11.3 Å². The van der Waals surface area contributed by atoms with Crippen LogP contribution < -0.4 is 16.0 Å². The molecule has 0 atom stereocenters. The molecular formula is C9H9ClN4O. The second kappa shape index (κ2) is 3.88. The number of hydrogen-bond donors (Lipinski definition) is 2. The van der Waals surface area contributed by atoms with E-state index < -0.39 is 0 Å². The van der Waals surface area contributed by atoms with E-state index in [2.05, 4.69) is 15.4 Å². The molecule has 6 heteroatoms. The van der Waals surface area contributed by atoms with Gasteiger partial charge in [0.25, 0.3) is 0 Å². The van der Waals surface area contributed by atoms with E-state index >= 15 is 0 Å². The SMILES string of the molecule is COc1cccc2c(NN)nc(Cl)nc12. The summed E-state index contributed by atoms with van der Waals surface area (Å²) in [7, 11) is 1.57. The summed E-state index contributed by atoms with van der Waals surface area (Å²) in [5, 5.41) is 0.890. The summed E-state index contributed by atoms with van der Waals surface area (Å²) < 4.78 is 5.16. The molecule has 78 valence electrons. The number of nitrogens with zero attached hydrogens (tertiary/aromatic N) is 2. The van der Waals surface area contributed by atoms with Crippen LogP contribution in [0.5, 0.6) is 5.75 Å². The van der Waals surface area contributed by atoms with Crippen molar-refractivity contribution >= 4 is 28.3 Å². The van der Waals surface area contributed by atoms with Crippen LogP contribution in [0.15, 0.2) is 18.2 Å². The van der Waals surface area contributed by atoms with Crippen LogP contribution in [0.4, 0.5) is 5.82 Å². The first-order valence-corrected chi connectivity index (χ1v) is 4.61. The molecule has 0 aliphatic heterocycles. The molecule has 1 heterocycles. The van der Waals surface area contributed by atoms with Gasteiger partial charge < -0.3 is 10.2 Å². The number of ether oxygens (including phenoxy) is 1. The maximum absolute atomic E-state index is 5.76. The van der Waals surface area contributed by atoms with E-state index in [1.54, 1.807) is 13.2 Å². The fourth-order valence-corrected chi connectivity index (χ4v) is 1.54. The van der Waals surface area contributed by atoms with Crippen LogP contribution in [0.3, 0.4) is 0 Å². The molecule has 0 fully saturated rings. The zero-order valence-corrected chi connectivity index (χ0v) is 8.75. The lowest BCUT2D eigenvalue weighted by atomic mass is 10.2. The Morgan fingerprint density at radius 3 is 2.87 bits per heavy atom. The van der Waals surface area contributed by atoms with Gasteiger partial charge in [-0.05, 0) is 23.7 Å². The van der Waals surface area contributed by atoms with Gasteiger partial charge in [-0.15, -0.1) is 0 Å². The molecule has 0 radical (unpaired) electrons. The first-order chi connectivity index (χ1) is 7.26. The zero-order chi connectivity index (χ0) is 10.8. The minimum atomic E-state index is 0.125. The average Bonchev–Trinajstić information content (AvgIpc) is 2.27. The van der Waals surface area contributed by atoms with Crippen molar-refractivity contribution in [3.8, 4) is 5.75 Å². The van der Waals surface area contributed by atoms with E-state index in [-0.39, 0.29) is 5.28 Å². The number of hydrogen-bond acceptors (Lipinski definition) is 5. The minimum absolute atomic E-state index is 0.125. The van der Waals surface area contributed by atoms with Gasteiger partial charge in [-0.1, -0.05) is 6.07 Å². The molecule has 2 aromatic rings. The molecule has 0 spiro atoms. The molecule has 0 unspecified atom stereocenters. The molecule has 0 bridgehead atoms. The topological polar surface area (TPSA) is 73.1 Å². The van der Waals surface area contributed by atoms with Gasteiger partial charge in [-0.2, -0.15) is 4.98 Å². The van der Waals surface area contributed by atoms with Crippen molar-refractivity contribution in [1.29, 1.82) is 0 Å². The smallest absolute Gasteiger partial charge is 0.225 e. The summed E-state index contributed by atoms with van der Waals surface area (Å²) in [6.07, 6.45) is 0. The molecule has 1 aromatic carbocycles. The van der Waals surface area contributed by atoms with Gasteiger partial charge in [0.05, 0.1) is 7.11 Å². The highest BCUT2D eigenvalue weighted by Crippen LogP contribution is 2.28. The number of aromatic nitrogens is 2. The summed E-state index contributed by atoms with van der Waals surface area (Å²) in [6, 6.07) is 5.47. The molecule has 0 aliphatic carbocycles. The first-order valence-electron chi connectivity index (χ1n) is 4.23. The van der Waals surface area contributed by atoms with Crippen LogP contribution in [0.1, 0.15) is 0 Å². The van der Waals surface area contributed by atoms with Crippen molar-refractivity contribution in [2.75, 3.05) is 12.5 Å². The van der Waals surface area contributed by atoms with Crippen molar-refractivity contribution in [2.45, 2.75) is 0 Å². The van der Waals surface area contributed by atoms with Gasteiger partial charge in [-0.3, -0.25) is 0 Å². The van der Waals surface area contributed by atoms with Gasteiger partial charge in [-0.25, -0.2) is 10.8 Å². The third-order valence-corrected chi connectivity index (χ3v) is 2.19. The number of nitrogens with two attached hydrogens (primary N) is 1. The van der Waals surface area contributed by atoms with E-state index in [1.165, 1.54) is 0 Å². The van der Waals surface area contributed by atoms with E-state index in [9.17, 15) is 0 Å². The van der Waals surface area contributed by atoms with Crippen molar-refractivity contribution in [3.05, 3.63) is 23.5 Å². The van der Waals surface area contributed by atoms with E-state index in [4.69, 9.17) is 22.2 Å². The molecule has 2 rings (SSSR count). The zero-order valence-electron chi connectivity index (χ0n) is 7.99. The van der Waals surface area contributed by atoms with Crippen LogP contribution in [0, 0.1) is 0 Å². The number of fused-ring (bicyclic) bond motifs is 1. The van der Waals surface area contributed by atoms with Crippen LogP contribution in [0.25, 0.3) is 10.9 Å². The Morgan fingerprint density at radius 1 is 1.40 bits per heavy atom. The third kappa shape index (κ3) is 1.67. The molecule has 15 heavy (non-hydrogen) atoms. The molecule has 1 aromatic heterocycles. The Labute approximate surface area is 91.2 Å². The Bertz CT molecular complexity index is 503. The largest absolute Gasteiger partial charge is 0.494 e. The number of rotatable bonds is 2. The summed E-state index contributed by atoms with van der Waals surface area (Å²) in [5.41, 5.74) is 3.10. The van der Waals surface area contributed by atoms with Crippen LogP contribution in [-0.2, 0) is 0 Å². The maximum Gasteiger partial charge on any atom is 0.225 e. The summed E-state index contributed by atoms with van der Waals surface area (Å²) in [5.74, 6) is 6.45. The first kappa shape index (κ1) is 9.95. The Kier molecular flexibility index (Phi) is 2.57. The van der Waals surface area contributed by atoms with Gasteiger partial charge in [0, 0.05) is 5.39 Å².